The molecule has 1 aliphatic rings. The fourth-order valence-electron chi connectivity index (χ4n) is 2.71. The topological polar surface area (TPSA) is 103 Å². The number of hydrogen-bond acceptors (Lipinski definition) is 4. The minimum absolute atomic E-state index is 0.0826. The maximum atomic E-state index is 12.7. The van der Waals surface area contributed by atoms with Gasteiger partial charge in [-0.3, -0.25) is 9.78 Å². The molecule has 0 amide bonds. The monoisotopic (exact) mass is 301 g/mol. The SMILES string of the molecule is CC[C@H]1CCCCN1S(=O)(=O)c1c(C)[nH]c(=O)[nH]c1=O. The first-order chi connectivity index (χ1) is 9.37. The molecule has 0 radical (unpaired) electrons. The van der Waals surface area contributed by atoms with E-state index in [2.05, 4.69) is 4.98 Å². The summed E-state index contributed by atoms with van der Waals surface area (Å²) < 4.78 is 26.8. The summed E-state index contributed by atoms with van der Waals surface area (Å²) >= 11 is 0. The number of piperidine rings is 1. The van der Waals surface area contributed by atoms with Crippen LogP contribution in [0.25, 0.3) is 0 Å². The molecule has 2 rings (SSSR count). The molecule has 2 N–H and O–H groups in total. The van der Waals surface area contributed by atoms with Crippen molar-refractivity contribution in [2.45, 2.75) is 50.5 Å². The predicted molar refractivity (Wildman–Crippen MR) is 74.2 cm³/mol. The zero-order valence-electron chi connectivity index (χ0n) is 11.6. The summed E-state index contributed by atoms with van der Waals surface area (Å²) in [6.07, 6.45) is 3.29. The number of nitrogens with zero attached hydrogens (tertiary/aromatic N) is 1. The van der Waals surface area contributed by atoms with Crippen LogP contribution in [0.15, 0.2) is 14.5 Å². The fourth-order valence-corrected chi connectivity index (χ4v) is 4.69. The molecule has 1 aliphatic heterocycles. The first kappa shape index (κ1) is 15.0. The van der Waals surface area contributed by atoms with Crippen LogP contribution in [0.5, 0.6) is 0 Å². The van der Waals surface area contributed by atoms with Gasteiger partial charge in [-0.05, 0) is 26.2 Å². The van der Waals surface area contributed by atoms with Crippen molar-refractivity contribution in [1.29, 1.82) is 0 Å². The van der Waals surface area contributed by atoms with Gasteiger partial charge in [0.2, 0.25) is 0 Å². The quantitative estimate of drug-likeness (QED) is 0.839. The Kier molecular flexibility index (Phi) is 4.14. The third-order valence-corrected chi connectivity index (χ3v) is 5.79. The van der Waals surface area contributed by atoms with Crippen molar-refractivity contribution in [2.24, 2.45) is 0 Å². The Bertz CT molecular complexity index is 704. The second kappa shape index (κ2) is 5.53. The van der Waals surface area contributed by atoms with E-state index in [-0.39, 0.29) is 16.6 Å². The Morgan fingerprint density at radius 2 is 1.95 bits per heavy atom. The smallest absolute Gasteiger partial charge is 0.310 e. The Hall–Kier alpha value is -1.41. The number of nitrogens with one attached hydrogen (secondary N) is 2. The van der Waals surface area contributed by atoms with E-state index >= 15 is 0 Å². The maximum absolute atomic E-state index is 12.7. The minimum atomic E-state index is -3.88. The van der Waals surface area contributed by atoms with Gasteiger partial charge in [0.05, 0.1) is 0 Å². The van der Waals surface area contributed by atoms with Crippen molar-refractivity contribution in [2.75, 3.05) is 6.54 Å². The fraction of sp³-hybridized carbons (Fsp3) is 0.667. The maximum Gasteiger partial charge on any atom is 0.325 e. The van der Waals surface area contributed by atoms with Crippen molar-refractivity contribution < 1.29 is 8.42 Å². The standard InChI is InChI=1S/C12H19N3O4S/c1-3-9-6-4-5-7-15(9)20(18,19)10-8(2)13-12(17)14-11(10)16/h9H,3-7H2,1-2H3,(H2,13,14,16,17)/t9-/m0/s1. The highest BCUT2D eigenvalue weighted by Crippen LogP contribution is 2.26. The van der Waals surface area contributed by atoms with Crippen molar-refractivity contribution in [3.63, 3.8) is 0 Å². The van der Waals surface area contributed by atoms with Gasteiger partial charge < -0.3 is 4.98 Å². The van der Waals surface area contributed by atoms with Crippen molar-refractivity contribution in [3.8, 4) is 0 Å². The average Bonchev–Trinajstić information content (AvgIpc) is 2.37. The zero-order valence-corrected chi connectivity index (χ0v) is 12.4. The number of hydrogen-bond donors (Lipinski definition) is 2. The molecular weight excluding hydrogens is 282 g/mol. The molecule has 112 valence electrons. The number of aromatic amines is 2. The number of aryl methyl sites for hydroxylation is 1. The van der Waals surface area contributed by atoms with E-state index in [1.54, 1.807) is 0 Å². The molecule has 0 unspecified atom stereocenters. The summed E-state index contributed by atoms with van der Waals surface area (Å²) in [6.45, 7) is 3.77. The Morgan fingerprint density at radius 3 is 2.55 bits per heavy atom. The second-order valence-electron chi connectivity index (χ2n) is 5.04. The normalized spacial score (nSPS) is 21.0. The lowest BCUT2D eigenvalue weighted by Crippen LogP contribution is -2.45. The zero-order chi connectivity index (χ0) is 14.9. The molecule has 0 bridgehead atoms. The largest absolute Gasteiger partial charge is 0.325 e. The Labute approximate surface area is 117 Å². The summed E-state index contributed by atoms with van der Waals surface area (Å²) in [5.74, 6) is 0. The lowest BCUT2D eigenvalue weighted by Gasteiger charge is -2.34. The molecule has 1 fully saturated rings. The van der Waals surface area contributed by atoms with Gasteiger partial charge in [0, 0.05) is 18.3 Å². The first-order valence-corrected chi connectivity index (χ1v) is 8.17. The van der Waals surface area contributed by atoms with E-state index < -0.39 is 21.3 Å². The molecule has 2 heterocycles. The number of sulfonamides is 1. The van der Waals surface area contributed by atoms with Crippen molar-refractivity contribution in [3.05, 3.63) is 26.5 Å². The average molecular weight is 301 g/mol. The van der Waals surface area contributed by atoms with E-state index in [1.165, 1.54) is 11.2 Å². The molecular formula is C12H19N3O4S. The van der Waals surface area contributed by atoms with Crippen molar-refractivity contribution in [1.82, 2.24) is 14.3 Å². The Balaban J connectivity index is 2.55. The van der Waals surface area contributed by atoms with E-state index in [0.29, 0.717) is 13.0 Å². The highest BCUT2D eigenvalue weighted by molar-refractivity contribution is 7.89. The third kappa shape index (κ3) is 2.57. The summed E-state index contributed by atoms with van der Waals surface area (Å²) in [6, 6.07) is -0.0838. The van der Waals surface area contributed by atoms with Gasteiger partial charge in [0.15, 0.2) is 4.90 Å². The van der Waals surface area contributed by atoms with E-state index in [4.69, 9.17) is 0 Å². The number of aromatic nitrogens is 2. The molecule has 8 heteroatoms. The molecule has 1 atom stereocenters. The highest BCUT2D eigenvalue weighted by atomic mass is 32.2. The van der Waals surface area contributed by atoms with Crippen LogP contribution in [0, 0.1) is 6.92 Å². The first-order valence-electron chi connectivity index (χ1n) is 6.73. The van der Waals surface area contributed by atoms with Crippen LogP contribution in [0.2, 0.25) is 0 Å². The van der Waals surface area contributed by atoms with E-state index in [1.807, 2.05) is 11.9 Å². The van der Waals surface area contributed by atoms with Gasteiger partial charge in [0.1, 0.15) is 0 Å². The van der Waals surface area contributed by atoms with Crippen LogP contribution in [-0.2, 0) is 10.0 Å². The molecule has 0 aliphatic carbocycles. The summed E-state index contributed by atoms with van der Waals surface area (Å²) in [7, 11) is -3.88. The van der Waals surface area contributed by atoms with Crippen LogP contribution >= 0.6 is 0 Å². The molecule has 1 saturated heterocycles. The predicted octanol–water partition coefficient (Wildman–Crippen LogP) is 0.325. The highest BCUT2D eigenvalue weighted by Gasteiger charge is 2.35. The molecule has 0 saturated carbocycles. The lowest BCUT2D eigenvalue weighted by atomic mass is 10.0. The number of rotatable bonds is 3. The summed E-state index contributed by atoms with van der Waals surface area (Å²) in [5.41, 5.74) is -1.47. The molecule has 1 aromatic rings. The summed E-state index contributed by atoms with van der Waals surface area (Å²) in [5, 5.41) is 0. The van der Waals surface area contributed by atoms with Gasteiger partial charge in [-0.2, -0.15) is 4.31 Å². The van der Waals surface area contributed by atoms with Gasteiger partial charge in [0.25, 0.3) is 15.6 Å². The minimum Gasteiger partial charge on any atom is -0.310 e. The van der Waals surface area contributed by atoms with Gasteiger partial charge in [-0.25, -0.2) is 13.2 Å². The van der Waals surface area contributed by atoms with Crippen molar-refractivity contribution >= 4 is 10.0 Å². The van der Waals surface area contributed by atoms with Gasteiger partial charge >= 0.3 is 5.69 Å². The van der Waals surface area contributed by atoms with E-state index in [0.717, 1.165) is 19.3 Å². The van der Waals surface area contributed by atoms with Crippen LogP contribution in [0.4, 0.5) is 0 Å². The lowest BCUT2D eigenvalue weighted by molar-refractivity contribution is 0.246. The van der Waals surface area contributed by atoms with Crippen LogP contribution in [0.1, 0.15) is 38.3 Å². The van der Waals surface area contributed by atoms with Crippen LogP contribution in [-0.4, -0.2) is 35.3 Å². The molecule has 1 aromatic heterocycles. The second-order valence-corrected chi connectivity index (χ2v) is 6.86. The van der Waals surface area contributed by atoms with Crippen LogP contribution in [0.3, 0.4) is 0 Å². The molecule has 20 heavy (non-hydrogen) atoms. The number of H-pyrrole nitrogens is 2. The van der Waals surface area contributed by atoms with Crippen LogP contribution < -0.4 is 11.2 Å². The molecule has 0 spiro atoms. The third-order valence-electron chi connectivity index (χ3n) is 3.69. The molecule has 7 nitrogen and oxygen atoms in total. The van der Waals surface area contributed by atoms with Gasteiger partial charge in [-0.15, -0.1) is 0 Å². The molecule has 0 aromatic carbocycles. The summed E-state index contributed by atoms with van der Waals surface area (Å²) in [4.78, 5) is 27.0. The Morgan fingerprint density at radius 1 is 1.25 bits per heavy atom. The van der Waals surface area contributed by atoms with Gasteiger partial charge in [-0.1, -0.05) is 13.3 Å². The van der Waals surface area contributed by atoms with E-state index in [9.17, 15) is 18.0 Å².